The van der Waals surface area contributed by atoms with Crippen molar-refractivity contribution in [3.05, 3.63) is 60.7 Å². The molecular formula is C12H8Y6-2. The molecule has 0 fully saturated rings. The summed E-state index contributed by atoms with van der Waals surface area (Å²) in [7, 11) is 0. The molecule has 0 aliphatic heterocycles. The third kappa shape index (κ3) is 13.5. The fourth-order valence-electron chi connectivity index (χ4n) is 1.12. The van der Waals surface area contributed by atoms with E-state index in [1.807, 2.05) is 48.5 Å². The summed E-state index contributed by atoms with van der Waals surface area (Å²) in [5.74, 6) is 0. The largest absolute Gasteiger partial charge is 0.226 e. The second-order valence-corrected chi connectivity index (χ2v) is 2.55. The fraction of sp³-hybridized carbons (Fsp3) is 0. The molecule has 6 radical (unpaired) electrons. The molecule has 0 bridgehead atoms. The average molecular weight is 686 g/mol. The molecule has 0 saturated carbocycles. The monoisotopic (exact) mass is 685 g/mol. The van der Waals surface area contributed by atoms with Gasteiger partial charge in [-0.2, -0.15) is 48.5 Å². The first-order chi connectivity index (χ1) is 5.97. The van der Waals surface area contributed by atoms with Gasteiger partial charge in [0.05, 0.1) is 0 Å². The second kappa shape index (κ2) is 22.1. The molecule has 0 nitrogen and oxygen atoms in total. The maximum absolute atomic E-state index is 3.15. The first-order valence-corrected chi connectivity index (χ1v) is 3.90. The van der Waals surface area contributed by atoms with Crippen molar-refractivity contribution in [2.45, 2.75) is 0 Å². The van der Waals surface area contributed by atoms with Crippen LogP contribution in [0.1, 0.15) is 0 Å². The normalized spacial score (nSPS) is 6.44. The summed E-state index contributed by atoms with van der Waals surface area (Å²) in [5.41, 5.74) is 2.19. The van der Waals surface area contributed by atoms with Gasteiger partial charge in [0.2, 0.25) is 0 Å². The van der Waals surface area contributed by atoms with Gasteiger partial charge < -0.3 is 0 Å². The van der Waals surface area contributed by atoms with E-state index < -0.39 is 0 Å². The molecule has 76 valence electrons. The second-order valence-electron chi connectivity index (χ2n) is 2.55. The topological polar surface area (TPSA) is 0 Å². The maximum Gasteiger partial charge on any atom is 0 e. The summed E-state index contributed by atoms with van der Waals surface area (Å²) in [6, 6.07) is 22.1. The van der Waals surface area contributed by atoms with Crippen LogP contribution in [0.4, 0.5) is 0 Å². The van der Waals surface area contributed by atoms with Crippen LogP contribution in [0.5, 0.6) is 0 Å². The Morgan fingerprint density at radius 2 is 0.833 bits per heavy atom. The third-order valence-corrected chi connectivity index (χ3v) is 1.71. The van der Waals surface area contributed by atoms with Crippen LogP contribution in [0.25, 0.3) is 11.1 Å². The van der Waals surface area contributed by atoms with Gasteiger partial charge in [-0.15, -0.1) is 12.1 Å². The van der Waals surface area contributed by atoms with Crippen molar-refractivity contribution in [2.24, 2.45) is 0 Å². The van der Waals surface area contributed by atoms with Crippen LogP contribution in [0.15, 0.2) is 48.5 Å². The molecule has 0 spiro atoms. The van der Waals surface area contributed by atoms with Gasteiger partial charge in [-0.3, -0.25) is 0 Å². The Hall–Kier alpha value is 5.06. The molecule has 0 N–H and O–H groups in total. The molecule has 0 aromatic heterocycles. The van der Waals surface area contributed by atoms with Crippen molar-refractivity contribution in [1.29, 1.82) is 0 Å². The zero-order valence-corrected chi connectivity index (χ0v) is 27.1. The Balaban J connectivity index is -0.0000000939. The molecular weight excluding hydrogens is 678 g/mol. The predicted octanol–water partition coefficient (Wildman–Crippen LogP) is 2.94. The van der Waals surface area contributed by atoms with Crippen LogP contribution >= 0.6 is 0 Å². The van der Waals surface area contributed by atoms with Crippen molar-refractivity contribution in [1.82, 2.24) is 0 Å². The molecule has 0 heterocycles. The van der Waals surface area contributed by atoms with Gasteiger partial charge in [-0.05, 0) is 0 Å². The number of hydrogen-bond acceptors (Lipinski definition) is 0. The molecule has 6 heteroatoms. The number of benzene rings is 2. The minimum absolute atomic E-state index is 0. The van der Waals surface area contributed by atoms with Gasteiger partial charge in [0.1, 0.15) is 0 Å². The first kappa shape index (κ1) is 34.4. The van der Waals surface area contributed by atoms with E-state index in [4.69, 9.17) is 0 Å². The average Bonchev–Trinajstić information content (AvgIpc) is 2.21. The van der Waals surface area contributed by atoms with E-state index >= 15 is 0 Å². The summed E-state index contributed by atoms with van der Waals surface area (Å²) in [4.78, 5) is 0. The quantitative estimate of drug-likeness (QED) is 0.406. The van der Waals surface area contributed by atoms with Crippen molar-refractivity contribution < 1.29 is 196 Å². The zero-order chi connectivity index (χ0) is 8.23. The van der Waals surface area contributed by atoms with Crippen molar-refractivity contribution in [3.8, 4) is 11.1 Å². The summed E-state index contributed by atoms with van der Waals surface area (Å²) >= 11 is 0. The number of hydrogen-bond donors (Lipinski definition) is 0. The molecule has 2 aromatic rings. The first-order valence-electron chi connectivity index (χ1n) is 3.90. The Morgan fingerprint density at radius 3 is 1.06 bits per heavy atom. The maximum atomic E-state index is 3.15. The fourth-order valence-corrected chi connectivity index (χ4v) is 1.12. The Bertz CT molecular complexity index is 314. The summed E-state index contributed by atoms with van der Waals surface area (Å²) in [6.07, 6.45) is 0. The van der Waals surface area contributed by atoms with Crippen molar-refractivity contribution in [2.75, 3.05) is 0 Å². The molecule has 18 heavy (non-hydrogen) atoms. The molecule has 0 aliphatic rings. The summed E-state index contributed by atoms with van der Waals surface area (Å²) in [6.45, 7) is 0. The van der Waals surface area contributed by atoms with Crippen LogP contribution in [0.3, 0.4) is 0 Å². The summed E-state index contributed by atoms with van der Waals surface area (Å²) < 4.78 is 0. The van der Waals surface area contributed by atoms with Gasteiger partial charge in [0.15, 0.2) is 0 Å². The third-order valence-electron chi connectivity index (χ3n) is 1.71. The van der Waals surface area contributed by atoms with Crippen LogP contribution in [0, 0.1) is 12.1 Å². The van der Waals surface area contributed by atoms with Gasteiger partial charge in [0, 0.05) is 196 Å². The summed E-state index contributed by atoms with van der Waals surface area (Å²) in [5, 5.41) is 0. The van der Waals surface area contributed by atoms with Gasteiger partial charge in [-0.25, -0.2) is 11.1 Å². The Labute approximate surface area is 261 Å². The van der Waals surface area contributed by atoms with E-state index in [0.29, 0.717) is 0 Å². The molecule has 0 amide bonds. The molecule has 0 aliphatic carbocycles. The molecule has 0 saturated heterocycles. The van der Waals surface area contributed by atoms with Gasteiger partial charge in [0.25, 0.3) is 0 Å². The molecule has 0 atom stereocenters. The van der Waals surface area contributed by atoms with E-state index in [2.05, 4.69) is 12.1 Å². The zero-order valence-electron chi connectivity index (χ0n) is 10.1. The Kier molecular flexibility index (Phi) is 42.2. The van der Waals surface area contributed by atoms with E-state index in [1.165, 1.54) is 0 Å². The minimum atomic E-state index is 0. The Morgan fingerprint density at radius 1 is 0.500 bits per heavy atom. The van der Waals surface area contributed by atoms with Crippen LogP contribution in [0.2, 0.25) is 0 Å². The van der Waals surface area contributed by atoms with E-state index in [0.717, 1.165) is 11.1 Å². The molecule has 2 rings (SSSR count). The molecule has 2 aromatic carbocycles. The predicted molar refractivity (Wildman–Crippen MR) is 49.6 cm³/mol. The molecule has 0 unspecified atom stereocenters. The minimum Gasteiger partial charge on any atom is -0.226 e. The van der Waals surface area contributed by atoms with E-state index in [1.54, 1.807) is 0 Å². The standard InChI is InChI=1S/C12H8.6Y/c1-3-7-11(8-4-1)12-9-5-2-6-10-12;;;;;;/h1-7,9H;;;;;;/q-2;;;;;;. The van der Waals surface area contributed by atoms with Gasteiger partial charge in [-0.1, -0.05) is 0 Å². The van der Waals surface area contributed by atoms with Gasteiger partial charge >= 0.3 is 0 Å². The van der Waals surface area contributed by atoms with Crippen LogP contribution < -0.4 is 0 Å². The van der Waals surface area contributed by atoms with E-state index in [-0.39, 0.29) is 196 Å². The van der Waals surface area contributed by atoms with Crippen molar-refractivity contribution >= 4 is 0 Å². The smallest absolute Gasteiger partial charge is 0 e. The SMILES string of the molecule is [Y].[Y].[Y].[Y].[Y].[Y].[c-]1ccccc1-c1[c-]cccc1. The van der Waals surface area contributed by atoms with Crippen molar-refractivity contribution in [3.63, 3.8) is 0 Å². The number of rotatable bonds is 1. The van der Waals surface area contributed by atoms with Crippen LogP contribution in [-0.2, 0) is 196 Å². The van der Waals surface area contributed by atoms with E-state index in [9.17, 15) is 0 Å². The van der Waals surface area contributed by atoms with Crippen LogP contribution in [-0.4, -0.2) is 0 Å².